The summed E-state index contributed by atoms with van der Waals surface area (Å²) in [5.74, 6) is -3.91. The quantitative estimate of drug-likeness (QED) is 0.474. The molecule has 0 N–H and O–H groups in total. The van der Waals surface area contributed by atoms with Gasteiger partial charge in [-0.2, -0.15) is 0 Å². The number of nitrogens with zero attached hydrogens (tertiary/aromatic N) is 1. The number of likely N-dealkylation sites (tertiary alicyclic amines) is 1. The largest absolute Gasteiger partial charge is 0.548 e. The summed E-state index contributed by atoms with van der Waals surface area (Å²) in [6.07, 6.45) is 0. The summed E-state index contributed by atoms with van der Waals surface area (Å²) in [6.45, 7) is -0.733. The molecule has 2 bridgehead atoms. The van der Waals surface area contributed by atoms with Crippen molar-refractivity contribution in [2.45, 2.75) is 8.65 Å². The molecule has 2 amide bonds. The molecular weight excluding hydrogens is 478 g/mol. The van der Waals surface area contributed by atoms with Crippen LogP contribution in [-0.4, -0.2) is 29.2 Å². The monoisotopic (exact) mass is 488 g/mol. The number of rotatable bonds is 2. The minimum atomic E-state index is -1.45. The van der Waals surface area contributed by atoms with Crippen LogP contribution in [0.2, 0.25) is 0 Å². The molecule has 6 rings (SSSR count). The van der Waals surface area contributed by atoms with Gasteiger partial charge in [-0.1, -0.05) is 80.4 Å². The van der Waals surface area contributed by atoms with E-state index in [0.29, 0.717) is 0 Å². The number of carboxylic acids is 1. The third-order valence-electron chi connectivity index (χ3n) is 5.96. The molecule has 4 aliphatic rings. The van der Waals surface area contributed by atoms with Gasteiger partial charge in [0.25, 0.3) is 0 Å². The summed E-state index contributed by atoms with van der Waals surface area (Å²) in [4.78, 5) is 38.4. The maximum absolute atomic E-state index is 13.2. The van der Waals surface area contributed by atoms with Gasteiger partial charge in [0.2, 0.25) is 11.8 Å². The molecule has 136 valence electrons. The third kappa shape index (κ3) is 1.82. The van der Waals surface area contributed by atoms with Gasteiger partial charge in [0.15, 0.2) is 0 Å². The van der Waals surface area contributed by atoms with Gasteiger partial charge >= 0.3 is 0 Å². The number of aliphatic carboxylic acids is 1. The molecule has 3 aliphatic carbocycles. The standard InChI is InChI=1S/C20H13Br2NO4/c21-19-10-5-1-2-6-11(10)20(22,13-8-4-3-7-12(13)19)16-15(19)17(26)23(18(16)27)9-14(24)25/h1-8,15-16H,9H2,(H,24,25)/p-1/t15-,16-,19?,20?/m1/s1. The lowest BCUT2D eigenvalue weighted by Gasteiger charge is -2.55. The van der Waals surface area contributed by atoms with Gasteiger partial charge in [0.1, 0.15) is 0 Å². The summed E-state index contributed by atoms with van der Waals surface area (Å²) in [5.41, 5.74) is 3.66. The van der Waals surface area contributed by atoms with E-state index in [1.165, 1.54) is 0 Å². The number of hydrogen-bond acceptors (Lipinski definition) is 4. The van der Waals surface area contributed by atoms with E-state index in [4.69, 9.17) is 0 Å². The fourth-order valence-corrected chi connectivity index (χ4v) is 7.31. The van der Waals surface area contributed by atoms with E-state index in [9.17, 15) is 19.5 Å². The fraction of sp³-hybridized carbons (Fsp3) is 0.250. The number of halogens is 2. The maximum atomic E-state index is 13.2. The zero-order valence-electron chi connectivity index (χ0n) is 13.8. The number of alkyl halides is 2. The molecule has 1 fully saturated rings. The van der Waals surface area contributed by atoms with Crippen molar-refractivity contribution in [1.29, 1.82) is 0 Å². The first-order valence-electron chi connectivity index (χ1n) is 8.45. The van der Waals surface area contributed by atoms with Crippen molar-refractivity contribution in [2.24, 2.45) is 11.8 Å². The molecule has 27 heavy (non-hydrogen) atoms. The highest BCUT2D eigenvalue weighted by Crippen LogP contribution is 2.70. The Morgan fingerprint density at radius 3 is 1.48 bits per heavy atom. The Bertz CT molecular complexity index is 928. The normalized spacial score (nSPS) is 32.9. The zero-order chi connectivity index (χ0) is 19.1. The first-order chi connectivity index (χ1) is 12.8. The highest BCUT2D eigenvalue weighted by molar-refractivity contribution is 9.10. The lowest BCUT2D eigenvalue weighted by molar-refractivity contribution is -0.305. The van der Waals surface area contributed by atoms with Gasteiger partial charge in [-0.15, -0.1) is 0 Å². The fourth-order valence-electron chi connectivity index (χ4n) is 5.01. The molecule has 5 nitrogen and oxygen atoms in total. The summed E-state index contributed by atoms with van der Waals surface area (Å²) in [7, 11) is 0. The number of amides is 2. The average Bonchev–Trinajstić information content (AvgIpc) is 2.91. The lowest BCUT2D eigenvalue weighted by Crippen LogP contribution is -2.56. The van der Waals surface area contributed by atoms with E-state index in [0.717, 1.165) is 27.2 Å². The van der Waals surface area contributed by atoms with Crippen LogP contribution < -0.4 is 5.11 Å². The van der Waals surface area contributed by atoms with E-state index in [1.807, 2.05) is 48.5 Å². The maximum Gasteiger partial charge on any atom is 0.235 e. The van der Waals surface area contributed by atoms with Crippen LogP contribution in [0, 0.1) is 11.8 Å². The van der Waals surface area contributed by atoms with E-state index in [1.54, 1.807) is 0 Å². The summed E-state index contributed by atoms with van der Waals surface area (Å²) < 4.78 is -1.79. The van der Waals surface area contributed by atoms with Gasteiger partial charge in [0, 0.05) is 0 Å². The van der Waals surface area contributed by atoms with Crippen LogP contribution in [0.1, 0.15) is 22.3 Å². The van der Waals surface area contributed by atoms with Crippen LogP contribution in [0.25, 0.3) is 0 Å². The molecule has 0 unspecified atom stereocenters. The van der Waals surface area contributed by atoms with Crippen LogP contribution >= 0.6 is 31.9 Å². The first kappa shape index (κ1) is 17.1. The molecule has 2 aromatic carbocycles. The number of hydrogen-bond donors (Lipinski definition) is 0. The Balaban J connectivity index is 1.86. The van der Waals surface area contributed by atoms with Crippen molar-refractivity contribution in [3.63, 3.8) is 0 Å². The number of carbonyl (C=O) groups excluding carboxylic acids is 3. The molecule has 0 radical (unpaired) electrons. The molecule has 2 aromatic rings. The average molecular weight is 490 g/mol. The van der Waals surface area contributed by atoms with E-state index >= 15 is 0 Å². The summed E-state index contributed by atoms with van der Waals surface area (Å²) in [6, 6.07) is 15.4. The molecule has 1 aliphatic heterocycles. The molecular formula is C20H12Br2NO4-. The second-order valence-electron chi connectivity index (χ2n) is 7.10. The van der Waals surface area contributed by atoms with Gasteiger partial charge in [0.05, 0.1) is 33.0 Å². The van der Waals surface area contributed by atoms with E-state index in [2.05, 4.69) is 31.9 Å². The van der Waals surface area contributed by atoms with Crippen molar-refractivity contribution in [3.05, 3.63) is 70.8 Å². The molecule has 7 heteroatoms. The number of carbonyl (C=O) groups is 3. The predicted octanol–water partition coefficient (Wildman–Crippen LogP) is 1.64. The lowest BCUT2D eigenvalue weighted by atomic mass is 9.54. The van der Waals surface area contributed by atoms with Crippen LogP contribution in [0.15, 0.2) is 48.5 Å². The van der Waals surface area contributed by atoms with Crippen molar-refractivity contribution < 1.29 is 19.5 Å². The molecule has 2 atom stereocenters. The van der Waals surface area contributed by atoms with Crippen LogP contribution in [-0.2, 0) is 23.0 Å². The smallest absolute Gasteiger partial charge is 0.235 e. The molecule has 0 spiro atoms. The van der Waals surface area contributed by atoms with Crippen LogP contribution in [0.3, 0.4) is 0 Å². The number of imide groups is 1. The molecule has 1 saturated heterocycles. The van der Waals surface area contributed by atoms with Crippen molar-refractivity contribution in [3.8, 4) is 0 Å². The second-order valence-corrected chi connectivity index (χ2v) is 9.61. The first-order valence-corrected chi connectivity index (χ1v) is 10.0. The van der Waals surface area contributed by atoms with Crippen molar-refractivity contribution >= 4 is 49.6 Å². The molecule has 0 saturated carbocycles. The van der Waals surface area contributed by atoms with Gasteiger partial charge in [-0.05, 0) is 22.3 Å². The van der Waals surface area contributed by atoms with Crippen LogP contribution in [0.4, 0.5) is 0 Å². The minimum absolute atomic E-state index is 0.487. The Hall–Kier alpha value is -1.99. The SMILES string of the molecule is O=C([O-])CN1C(=O)[C@H]2[C@H](C1=O)C1(Br)c3ccccc3C2(Br)c2ccccc21. The summed E-state index contributed by atoms with van der Waals surface area (Å²) in [5, 5.41) is 11.1. The Kier molecular flexibility index (Phi) is 3.36. The van der Waals surface area contributed by atoms with Crippen molar-refractivity contribution in [1.82, 2.24) is 4.90 Å². The summed E-state index contributed by atoms with van der Waals surface area (Å²) >= 11 is 7.68. The van der Waals surface area contributed by atoms with Gasteiger partial charge in [-0.3, -0.25) is 14.5 Å². The minimum Gasteiger partial charge on any atom is -0.548 e. The van der Waals surface area contributed by atoms with Gasteiger partial charge < -0.3 is 9.90 Å². The number of carboxylic acid groups (broad SMARTS) is 1. The highest BCUT2D eigenvalue weighted by Gasteiger charge is 2.72. The number of benzene rings is 2. The third-order valence-corrected chi connectivity index (χ3v) is 8.66. The van der Waals surface area contributed by atoms with Gasteiger partial charge in [-0.25, -0.2) is 0 Å². The van der Waals surface area contributed by atoms with Crippen molar-refractivity contribution in [2.75, 3.05) is 6.54 Å². The Labute approximate surface area is 171 Å². The zero-order valence-corrected chi connectivity index (χ0v) is 17.0. The second kappa shape index (κ2) is 5.29. The molecule has 1 heterocycles. The van der Waals surface area contributed by atoms with E-state index in [-0.39, 0.29) is 0 Å². The predicted molar refractivity (Wildman–Crippen MR) is 101 cm³/mol. The van der Waals surface area contributed by atoms with Crippen LogP contribution in [0.5, 0.6) is 0 Å². The highest BCUT2D eigenvalue weighted by atomic mass is 79.9. The Morgan fingerprint density at radius 1 is 0.852 bits per heavy atom. The van der Waals surface area contributed by atoms with E-state index < -0.39 is 44.8 Å². The Morgan fingerprint density at radius 2 is 1.19 bits per heavy atom. The topological polar surface area (TPSA) is 77.5 Å². The molecule has 0 aromatic heterocycles.